The molecule has 1 aromatic carbocycles. The Labute approximate surface area is 240 Å². The van der Waals surface area contributed by atoms with E-state index in [1.807, 2.05) is 62.9 Å². The molecule has 12 heteroatoms. The SMILES string of the molecule is CC(C)(C)NC(=O)C1C[C@@H]2SCC[C@@H]2CN1C[C@@H](O)[C@H](CSc1ccccc1)NC(=O)O[C@H]1CCS(=O)(=O)C1. The van der Waals surface area contributed by atoms with Crippen LogP contribution >= 0.6 is 23.5 Å². The summed E-state index contributed by atoms with van der Waals surface area (Å²) in [5, 5.41) is 17.8. The standard InChI is InChI=1S/C27H41N3O6S3/c1-27(2,3)29-25(32)22-13-24-18(9-11-37-24)14-30(22)15-23(31)21(16-38-20-7-5-4-6-8-20)28-26(33)36-19-10-12-39(34,35)17-19/h4-8,18-19,21-24,31H,9-17H2,1-3H3,(H,28,33)(H,29,32)/t18-,19+,21+,22?,23-,24+/m1/s1. The van der Waals surface area contributed by atoms with Gasteiger partial charge in [-0.25, -0.2) is 13.2 Å². The molecule has 218 valence electrons. The van der Waals surface area contributed by atoms with Crippen LogP contribution in [0.5, 0.6) is 0 Å². The minimum absolute atomic E-state index is 0.00822. The van der Waals surface area contributed by atoms with E-state index in [0.29, 0.717) is 16.9 Å². The number of nitrogens with zero attached hydrogens (tertiary/aromatic N) is 1. The van der Waals surface area contributed by atoms with Crippen LogP contribution in [0.15, 0.2) is 35.2 Å². The van der Waals surface area contributed by atoms with Crippen LogP contribution in [-0.4, -0.2) is 102 Å². The summed E-state index contributed by atoms with van der Waals surface area (Å²) in [5.74, 6) is 1.74. The van der Waals surface area contributed by atoms with E-state index in [1.54, 1.807) is 0 Å². The van der Waals surface area contributed by atoms with Crippen molar-refractivity contribution >= 4 is 45.4 Å². The second kappa shape index (κ2) is 13.0. The zero-order valence-corrected chi connectivity index (χ0v) is 25.3. The number of sulfone groups is 1. The Morgan fingerprint density at radius 2 is 1.97 bits per heavy atom. The predicted molar refractivity (Wildman–Crippen MR) is 156 cm³/mol. The first-order valence-corrected chi connectivity index (χ1v) is 17.5. The summed E-state index contributed by atoms with van der Waals surface area (Å²) in [6, 6.07) is 8.69. The summed E-state index contributed by atoms with van der Waals surface area (Å²) >= 11 is 3.44. The van der Waals surface area contributed by atoms with Gasteiger partial charge in [-0.1, -0.05) is 18.2 Å². The number of piperidine rings is 1. The van der Waals surface area contributed by atoms with Gasteiger partial charge in [0.15, 0.2) is 9.84 Å². The van der Waals surface area contributed by atoms with E-state index < -0.39 is 34.2 Å². The van der Waals surface area contributed by atoms with Crippen molar-refractivity contribution in [3.63, 3.8) is 0 Å². The number of likely N-dealkylation sites (tertiary alicyclic amines) is 1. The molecule has 3 aliphatic rings. The Bertz CT molecular complexity index is 1100. The van der Waals surface area contributed by atoms with E-state index in [2.05, 4.69) is 15.5 Å². The number of aliphatic hydroxyl groups is 1. The van der Waals surface area contributed by atoms with Gasteiger partial charge in [0.1, 0.15) is 6.10 Å². The normalized spacial score (nSPS) is 28.3. The summed E-state index contributed by atoms with van der Waals surface area (Å²) in [6.45, 7) is 6.83. The average Bonchev–Trinajstić information content (AvgIpc) is 3.45. The molecule has 0 radical (unpaired) electrons. The summed E-state index contributed by atoms with van der Waals surface area (Å²) in [6.07, 6.45) is -0.268. The number of hydrogen-bond donors (Lipinski definition) is 3. The van der Waals surface area contributed by atoms with Crippen molar-refractivity contribution in [3.05, 3.63) is 30.3 Å². The molecule has 4 rings (SSSR count). The topological polar surface area (TPSA) is 125 Å². The zero-order chi connectivity index (χ0) is 28.2. The number of hydrogen-bond acceptors (Lipinski definition) is 9. The van der Waals surface area contributed by atoms with Gasteiger partial charge < -0.3 is 20.5 Å². The molecule has 1 unspecified atom stereocenters. The van der Waals surface area contributed by atoms with Crippen LogP contribution in [0.2, 0.25) is 0 Å². The Morgan fingerprint density at radius 3 is 2.64 bits per heavy atom. The number of thioether (sulfide) groups is 2. The van der Waals surface area contributed by atoms with Crippen LogP contribution in [0.1, 0.15) is 40.0 Å². The number of carbonyl (C=O) groups is 2. The number of aliphatic hydroxyl groups excluding tert-OH is 1. The van der Waals surface area contributed by atoms with E-state index in [0.717, 1.165) is 30.0 Å². The molecule has 39 heavy (non-hydrogen) atoms. The fraction of sp³-hybridized carbons (Fsp3) is 0.704. The molecule has 3 saturated heterocycles. The number of amides is 2. The highest BCUT2D eigenvalue weighted by Crippen LogP contribution is 2.40. The predicted octanol–water partition coefficient (Wildman–Crippen LogP) is 2.53. The molecule has 3 heterocycles. The summed E-state index contributed by atoms with van der Waals surface area (Å²) in [4.78, 5) is 29.2. The van der Waals surface area contributed by atoms with Gasteiger partial charge in [0.05, 0.1) is 29.7 Å². The lowest BCUT2D eigenvalue weighted by Crippen LogP contribution is -2.60. The van der Waals surface area contributed by atoms with Crippen molar-refractivity contribution < 1.29 is 27.9 Å². The molecular formula is C27H41N3O6S3. The maximum absolute atomic E-state index is 13.3. The molecule has 0 spiro atoms. The Hall–Kier alpha value is -1.47. The van der Waals surface area contributed by atoms with Crippen LogP contribution in [-0.2, 0) is 19.4 Å². The van der Waals surface area contributed by atoms with E-state index in [-0.39, 0.29) is 42.0 Å². The van der Waals surface area contributed by atoms with Crippen molar-refractivity contribution in [1.82, 2.24) is 15.5 Å². The fourth-order valence-electron chi connectivity index (χ4n) is 5.40. The van der Waals surface area contributed by atoms with Crippen LogP contribution in [0.25, 0.3) is 0 Å². The van der Waals surface area contributed by atoms with Crippen LogP contribution in [0, 0.1) is 5.92 Å². The molecule has 0 aromatic heterocycles. The first kappa shape index (κ1) is 30.5. The van der Waals surface area contributed by atoms with Gasteiger partial charge in [0.2, 0.25) is 5.91 Å². The Kier molecular flexibility index (Phi) is 10.2. The highest BCUT2D eigenvalue weighted by molar-refractivity contribution is 8.00. The number of nitrogens with one attached hydrogen (secondary N) is 2. The number of β-amino-alcohol motifs (C(OH)–C–C–N with tert-alkyl or cyclic N) is 1. The van der Waals surface area contributed by atoms with Crippen molar-refractivity contribution in [3.8, 4) is 0 Å². The molecule has 6 atom stereocenters. The number of alkyl carbamates (subject to hydrolysis) is 1. The third-order valence-corrected chi connectivity index (χ3v) is 11.7. The quantitative estimate of drug-likeness (QED) is 0.367. The summed E-state index contributed by atoms with van der Waals surface area (Å²) in [7, 11) is -3.19. The number of rotatable bonds is 9. The zero-order valence-electron chi connectivity index (χ0n) is 22.9. The van der Waals surface area contributed by atoms with Gasteiger partial charge in [-0.15, -0.1) is 11.8 Å². The highest BCUT2D eigenvalue weighted by Gasteiger charge is 2.43. The second-order valence-electron chi connectivity index (χ2n) is 11.8. The van der Waals surface area contributed by atoms with Crippen molar-refractivity contribution in [2.75, 3.05) is 36.1 Å². The monoisotopic (exact) mass is 599 g/mol. The molecule has 3 N–H and O–H groups in total. The van der Waals surface area contributed by atoms with Gasteiger partial charge in [0, 0.05) is 34.5 Å². The van der Waals surface area contributed by atoms with Crippen molar-refractivity contribution in [2.45, 2.75) is 80.0 Å². The number of carbonyl (C=O) groups excluding carboxylic acids is 2. The van der Waals surface area contributed by atoms with Crippen molar-refractivity contribution in [2.24, 2.45) is 5.92 Å². The van der Waals surface area contributed by atoms with Gasteiger partial charge >= 0.3 is 6.09 Å². The van der Waals surface area contributed by atoms with Gasteiger partial charge in [0.25, 0.3) is 0 Å². The van der Waals surface area contributed by atoms with Gasteiger partial charge in [-0.2, -0.15) is 11.8 Å². The molecule has 0 aliphatic carbocycles. The van der Waals surface area contributed by atoms with Crippen LogP contribution in [0.4, 0.5) is 4.79 Å². The lowest BCUT2D eigenvalue weighted by molar-refractivity contribution is -0.130. The molecule has 2 amide bonds. The van der Waals surface area contributed by atoms with Gasteiger partial charge in [-0.05, 0) is 63.8 Å². The Morgan fingerprint density at radius 1 is 1.23 bits per heavy atom. The van der Waals surface area contributed by atoms with Crippen LogP contribution in [0.3, 0.4) is 0 Å². The number of ether oxygens (including phenoxy) is 1. The van der Waals surface area contributed by atoms with Gasteiger partial charge in [-0.3, -0.25) is 9.69 Å². The molecule has 1 aromatic rings. The lowest BCUT2D eigenvalue weighted by atomic mass is 9.89. The first-order valence-electron chi connectivity index (χ1n) is 13.6. The highest BCUT2D eigenvalue weighted by atomic mass is 32.2. The third kappa shape index (κ3) is 9.01. The summed E-state index contributed by atoms with van der Waals surface area (Å²) in [5.41, 5.74) is -0.366. The number of fused-ring (bicyclic) bond motifs is 1. The van der Waals surface area contributed by atoms with E-state index in [4.69, 9.17) is 4.74 Å². The smallest absolute Gasteiger partial charge is 0.407 e. The Balaban J connectivity index is 1.45. The first-order chi connectivity index (χ1) is 18.4. The average molecular weight is 600 g/mol. The largest absolute Gasteiger partial charge is 0.445 e. The van der Waals surface area contributed by atoms with E-state index in [1.165, 1.54) is 11.8 Å². The summed E-state index contributed by atoms with van der Waals surface area (Å²) < 4.78 is 29.0. The molecule has 0 saturated carbocycles. The van der Waals surface area contributed by atoms with E-state index in [9.17, 15) is 23.1 Å². The molecule has 9 nitrogen and oxygen atoms in total. The molecule has 3 aliphatic heterocycles. The molecule has 0 bridgehead atoms. The second-order valence-corrected chi connectivity index (χ2v) is 16.4. The minimum atomic E-state index is -3.19. The maximum Gasteiger partial charge on any atom is 0.407 e. The third-order valence-electron chi connectivity index (χ3n) is 7.34. The van der Waals surface area contributed by atoms with Crippen molar-refractivity contribution in [1.29, 1.82) is 0 Å². The minimum Gasteiger partial charge on any atom is -0.445 e. The maximum atomic E-state index is 13.3. The van der Waals surface area contributed by atoms with Crippen LogP contribution < -0.4 is 10.6 Å². The number of benzene rings is 1. The van der Waals surface area contributed by atoms with E-state index >= 15 is 0 Å². The molecular weight excluding hydrogens is 559 g/mol. The fourth-order valence-corrected chi connectivity index (χ4v) is 9.57. The molecule has 3 fully saturated rings. The lowest BCUT2D eigenvalue weighted by Gasteiger charge is -2.43.